The number of hydrogen-bond donors (Lipinski definition) is 2. The number of nitrogens with zero attached hydrogens (tertiary/aromatic N) is 1. The maximum Gasteiger partial charge on any atom is 0.142 e. The van der Waals surface area contributed by atoms with Crippen LogP contribution in [-0.4, -0.2) is 90.7 Å². The van der Waals surface area contributed by atoms with E-state index in [1.54, 1.807) is 21.1 Å². The molecule has 40 heavy (non-hydrogen) atoms. The Balaban J connectivity index is 1.45. The monoisotopic (exact) mass is 556 g/mol. The molecule has 2 aliphatic rings. The van der Waals surface area contributed by atoms with Crippen LogP contribution in [0, 0.1) is 5.92 Å². The van der Waals surface area contributed by atoms with Crippen molar-refractivity contribution >= 4 is 5.69 Å². The van der Waals surface area contributed by atoms with Gasteiger partial charge in [-0.05, 0) is 67.5 Å². The van der Waals surface area contributed by atoms with E-state index in [1.165, 1.54) is 16.8 Å². The van der Waals surface area contributed by atoms with Crippen LogP contribution >= 0.6 is 0 Å². The highest BCUT2D eigenvalue weighted by atomic mass is 16.5. The number of aliphatic hydroxyl groups excluding tert-OH is 1. The smallest absolute Gasteiger partial charge is 0.142 e. The molecule has 4 rings (SSSR count). The second-order valence-corrected chi connectivity index (χ2v) is 11.0. The van der Waals surface area contributed by atoms with E-state index in [0.717, 1.165) is 70.0 Å². The summed E-state index contributed by atoms with van der Waals surface area (Å²) in [6, 6.07) is 15.4. The van der Waals surface area contributed by atoms with E-state index in [4.69, 9.17) is 23.7 Å². The number of rotatable bonds is 16. The minimum absolute atomic E-state index is 0.00496. The summed E-state index contributed by atoms with van der Waals surface area (Å²) in [5.74, 6) is 1.62. The SMILES string of the molecule is COCCCN1CCOc2ccc(CC[C@H]3CNC[C@@H](OCC(C)O)[C@@H]3c3ccc(COCCOC)cc3)cc21. The fourth-order valence-corrected chi connectivity index (χ4v) is 5.79. The zero-order chi connectivity index (χ0) is 28.2. The van der Waals surface area contributed by atoms with E-state index in [-0.39, 0.29) is 12.0 Å². The number of ether oxygens (including phenoxy) is 5. The van der Waals surface area contributed by atoms with Gasteiger partial charge in [0.15, 0.2) is 0 Å². The number of fused-ring (bicyclic) bond motifs is 1. The van der Waals surface area contributed by atoms with Crippen molar-refractivity contribution in [2.75, 3.05) is 78.3 Å². The maximum absolute atomic E-state index is 9.91. The molecule has 2 heterocycles. The van der Waals surface area contributed by atoms with Crippen molar-refractivity contribution in [3.05, 3.63) is 59.2 Å². The molecule has 2 aromatic carbocycles. The van der Waals surface area contributed by atoms with Gasteiger partial charge in [0.25, 0.3) is 0 Å². The van der Waals surface area contributed by atoms with Crippen molar-refractivity contribution in [1.82, 2.24) is 5.32 Å². The quantitative estimate of drug-likeness (QED) is 0.303. The number of aryl methyl sites for hydroxylation is 1. The number of aliphatic hydroxyl groups is 1. The zero-order valence-electron chi connectivity index (χ0n) is 24.5. The molecule has 0 aliphatic carbocycles. The molecule has 4 atom stereocenters. The van der Waals surface area contributed by atoms with Gasteiger partial charge in [-0.1, -0.05) is 30.3 Å². The molecule has 0 saturated carbocycles. The lowest BCUT2D eigenvalue weighted by molar-refractivity contribution is -0.0341. The van der Waals surface area contributed by atoms with Gasteiger partial charge in [0.1, 0.15) is 12.4 Å². The van der Waals surface area contributed by atoms with Crippen molar-refractivity contribution in [3.63, 3.8) is 0 Å². The number of nitrogens with one attached hydrogen (secondary N) is 1. The van der Waals surface area contributed by atoms with Crippen LogP contribution in [-0.2, 0) is 32.0 Å². The molecule has 0 radical (unpaired) electrons. The number of benzene rings is 2. The Labute approximate surface area is 239 Å². The summed E-state index contributed by atoms with van der Waals surface area (Å²) in [5, 5.41) is 13.5. The lowest BCUT2D eigenvalue weighted by atomic mass is 9.76. The number of piperidine rings is 1. The van der Waals surface area contributed by atoms with Crippen LogP contribution in [0.3, 0.4) is 0 Å². The van der Waals surface area contributed by atoms with Crippen LogP contribution < -0.4 is 15.0 Å². The van der Waals surface area contributed by atoms with Gasteiger partial charge in [0.2, 0.25) is 0 Å². The fourth-order valence-electron chi connectivity index (χ4n) is 5.79. The predicted molar refractivity (Wildman–Crippen MR) is 157 cm³/mol. The second-order valence-electron chi connectivity index (χ2n) is 11.0. The van der Waals surface area contributed by atoms with Crippen LogP contribution in [0.2, 0.25) is 0 Å². The second kappa shape index (κ2) is 16.3. The lowest BCUT2D eigenvalue weighted by Crippen LogP contribution is -2.47. The Morgan fingerprint density at radius 1 is 1.02 bits per heavy atom. The molecule has 2 aliphatic heterocycles. The maximum atomic E-state index is 9.91. The zero-order valence-corrected chi connectivity index (χ0v) is 24.5. The van der Waals surface area contributed by atoms with Gasteiger partial charge < -0.3 is 39.0 Å². The van der Waals surface area contributed by atoms with Crippen molar-refractivity contribution in [3.8, 4) is 5.75 Å². The average molecular weight is 557 g/mol. The normalized spacial score (nSPS) is 21.6. The molecule has 2 aromatic rings. The molecule has 0 spiro atoms. The number of anilines is 1. The van der Waals surface area contributed by atoms with E-state index in [2.05, 4.69) is 52.7 Å². The lowest BCUT2D eigenvalue weighted by Gasteiger charge is -2.39. The summed E-state index contributed by atoms with van der Waals surface area (Å²) in [6.07, 6.45) is 2.54. The Kier molecular flexibility index (Phi) is 12.5. The molecular formula is C32H48N2O6. The summed E-state index contributed by atoms with van der Waals surface area (Å²) in [4.78, 5) is 2.42. The summed E-state index contributed by atoms with van der Waals surface area (Å²) in [6.45, 7) is 8.96. The average Bonchev–Trinajstić information content (AvgIpc) is 2.98. The van der Waals surface area contributed by atoms with Gasteiger partial charge in [0.05, 0.1) is 50.9 Å². The molecule has 1 unspecified atom stereocenters. The van der Waals surface area contributed by atoms with Gasteiger partial charge in [-0.25, -0.2) is 0 Å². The van der Waals surface area contributed by atoms with E-state index in [0.29, 0.717) is 32.3 Å². The van der Waals surface area contributed by atoms with Crippen molar-refractivity contribution < 1.29 is 28.8 Å². The largest absolute Gasteiger partial charge is 0.490 e. The molecule has 0 aromatic heterocycles. The first kappa shape index (κ1) is 30.8. The summed E-state index contributed by atoms with van der Waals surface area (Å²) in [7, 11) is 3.44. The molecule has 8 nitrogen and oxygen atoms in total. The topological polar surface area (TPSA) is 81.7 Å². The van der Waals surface area contributed by atoms with Crippen LogP contribution in [0.5, 0.6) is 5.75 Å². The Hall–Kier alpha value is -2.20. The molecular weight excluding hydrogens is 508 g/mol. The van der Waals surface area contributed by atoms with Crippen molar-refractivity contribution in [2.24, 2.45) is 5.92 Å². The van der Waals surface area contributed by atoms with Gasteiger partial charge >= 0.3 is 0 Å². The van der Waals surface area contributed by atoms with Gasteiger partial charge in [0, 0.05) is 39.8 Å². The Bertz CT molecular complexity index is 1000. The molecule has 222 valence electrons. The first-order valence-corrected chi connectivity index (χ1v) is 14.7. The summed E-state index contributed by atoms with van der Waals surface area (Å²) in [5.41, 5.74) is 4.96. The molecule has 2 N–H and O–H groups in total. The van der Waals surface area contributed by atoms with Crippen LogP contribution in [0.1, 0.15) is 42.4 Å². The van der Waals surface area contributed by atoms with E-state index in [9.17, 15) is 5.11 Å². The highest BCUT2D eigenvalue weighted by Gasteiger charge is 2.35. The van der Waals surface area contributed by atoms with E-state index >= 15 is 0 Å². The van der Waals surface area contributed by atoms with Crippen LogP contribution in [0.15, 0.2) is 42.5 Å². The Morgan fingerprint density at radius 2 is 1.82 bits per heavy atom. The van der Waals surface area contributed by atoms with Crippen LogP contribution in [0.25, 0.3) is 0 Å². The fraction of sp³-hybridized carbons (Fsp3) is 0.625. The van der Waals surface area contributed by atoms with Gasteiger partial charge in [-0.15, -0.1) is 0 Å². The molecule has 1 fully saturated rings. The molecule has 1 saturated heterocycles. The number of hydrogen-bond acceptors (Lipinski definition) is 8. The third kappa shape index (κ3) is 8.90. The van der Waals surface area contributed by atoms with Crippen LogP contribution in [0.4, 0.5) is 5.69 Å². The minimum Gasteiger partial charge on any atom is -0.490 e. The Morgan fingerprint density at radius 3 is 2.60 bits per heavy atom. The molecule has 8 heteroatoms. The third-order valence-electron chi connectivity index (χ3n) is 7.84. The number of methoxy groups -OCH3 is 2. The highest BCUT2D eigenvalue weighted by Crippen LogP contribution is 2.37. The first-order valence-electron chi connectivity index (χ1n) is 14.7. The summed E-state index contributed by atoms with van der Waals surface area (Å²) < 4.78 is 28.3. The summed E-state index contributed by atoms with van der Waals surface area (Å²) >= 11 is 0. The van der Waals surface area contributed by atoms with Gasteiger partial charge in [-0.3, -0.25) is 0 Å². The standard InChI is InChI=1S/C32H48N2O6/c1-24(35)22-40-31-21-33-20-28(32(31)27-9-6-26(7-10-27)23-38-18-17-37-3)11-5-25-8-12-30-29(19-25)34(14-16-39-30)13-4-15-36-2/h6-10,12,19,24,28,31-33,35H,4-5,11,13-18,20-23H2,1-3H3/t24?,28-,31+,32+/m0/s1. The van der Waals surface area contributed by atoms with E-state index < -0.39 is 6.10 Å². The third-order valence-corrected chi connectivity index (χ3v) is 7.84. The van der Waals surface area contributed by atoms with Crippen molar-refractivity contribution in [2.45, 2.75) is 50.9 Å². The first-order chi connectivity index (χ1) is 19.6. The van der Waals surface area contributed by atoms with Gasteiger partial charge in [-0.2, -0.15) is 0 Å². The van der Waals surface area contributed by atoms with E-state index in [1.807, 2.05) is 0 Å². The highest BCUT2D eigenvalue weighted by molar-refractivity contribution is 5.61. The minimum atomic E-state index is -0.489. The van der Waals surface area contributed by atoms with Crippen molar-refractivity contribution in [1.29, 1.82) is 0 Å². The molecule has 0 bridgehead atoms. The predicted octanol–water partition coefficient (Wildman–Crippen LogP) is 3.79. The molecule has 0 amide bonds.